The van der Waals surface area contributed by atoms with E-state index in [9.17, 15) is 18.0 Å². The molecule has 1 N–H and O–H groups in total. The Bertz CT molecular complexity index is 637. The largest absolute Gasteiger partial charge is 0.418 e. The maximum atomic E-state index is 13.2. The second-order valence-corrected chi connectivity index (χ2v) is 7.55. The van der Waals surface area contributed by atoms with Crippen molar-refractivity contribution < 1.29 is 18.0 Å². The number of hydrogen-bond donors (Lipinski definition) is 1. The van der Waals surface area contributed by atoms with Gasteiger partial charge in [-0.05, 0) is 64.5 Å². The van der Waals surface area contributed by atoms with Crippen LogP contribution in [0.2, 0.25) is 5.02 Å². The average molecular weight is 392 g/mol. The predicted molar refractivity (Wildman–Crippen MR) is 97.4 cm³/mol. The van der Waals surface area contributed by atoms with Gasteiger partial charge in [0.1, 0.15) is 0 Å². The first-order valence-electron chi connectivity index (χ1n) is 8.64. The molecule has 1 saturated heterocycles. The van der Waals surface area contributed by atoms with Crippen molar-refractivity contribution in [1.82, 2.24) is 9.80 Å². The summed E-state index contributed by atoms with van der Waals surface area (Å²) >= 11 is 5.68. The summed E-state index contributed by atoms with van der Waals surface area (Å²) in [7, 11) is 4.02. The van der Waals surface area contributed by atoms with Crippen LogP contribution in [0.5, 0.6) is 0 Å². The van der Waals surface area contributed by atoms with E-state index >= 15 is 0 Å². The van der Waals surface area contributed by atoms with E-state index in [-0.39, 0.29) is 10.7 Å². The number of nitrogens with zero attached hydrogens (tertiary/aromatic N) is 2. The molecule has 0 saturated carbocycles. The van der Waals surface area contributed by atoms with Gasteiger partial charge in [-0.1, -0.05) is 11.6 Å². The predicted octanol–water partition coefficient (Wildman–Crippen LogP) is 3.96. The fraction of sp³-hybridized carbons (Fsp3) is 0.611. The van der Waals surface area contributed by atoms with Crippen molar-refractivity contribution in [3.63, 3.8) is 0 Å². The van der Waals surface area contributed by atoms with Crippen molar-refractivity contribution >= 4 is 23.2 Å². The Morgan fingerprint density at radius 2 is 2.12 bits per heavy atom. The normalized spacial score (nSPS) is 20.2. The number of halogens is 4. The number of piperidine rings is 1. The van der Waals surface area contributed by atoms with Gasteiger partial charge in [-0.25, -0.2) is 0 Å². The number of carbonyl (C=O) groups is 1. The highest BCUT2D eigenvalue weighted by atomic mass is 35.5. The molecule has 1 aromatic rings. The van der Waals surface area contributed by atoms with Gasteiger partial charge in [-0.3, -0.25) is 9.69 Å². The van der Waals surface area contributed by atoms with E-state index in [1.165, 1.54) is 12.1 Å². The van der Waals surface area contributed by atoms with Crippen LogP contribution in [0, 0.1) is 5.92 Å². The lowest BCUT2D eigenvalue weighted by atomic mass is 9.96. The van der Waals surface area contributed by atoms with Crippen LogP contribution in [0.1, 0.15) is 25.3 Å². The third kappa shape index (κ3) is 5.59. The number of carbonyl (C=O) groups excluding carboxylic acids is 1. The fourth-order valence-corrected chi connectivity index (χ4v) is 3.55. The molecule has 2 atom stereocenters. The van der Waals surface area contributed by atoms with E-state index in [0.717, 1.165) is 38.5 Å². The van der Waals surface area contributed by atoms with Crippen LogP contribution in [-0.4, -0.2) is 55.5 Å². The van der Waals surface area contributed by atoms with Crippen LogP contribution < -0.4 is 5.32 Å². The fourth-order valence-electron chi connectivity index (χ4n) is 3.38. The molecule has 0 aliphatic carbocycles. The Balaban J connectivity index is 2.08. The molecule has 1 fully saturated rings. The minimum absolute atomic E-state index is 0.0223. The monoisotopic (exact) mass is 391 g/mol. The molecule has 1 aromatic carbocycles. The second kappa shape index (κ2) is 8.59. The highest BCUT2D eigenvalue weighted by molar-refractivity contribution is 6.30. The Morgan fingerprint density at radius 3 is 2.73 bits per heavy atom. The van der Waals surface area contributed by atoms with Crippen LogP contribution in [-0.2, 0) is 11.0 Å². The van der Waals surface area contributed by atoms with Gasteiger partial charge in [0.15, 0.2) is 0 Å². The SMILES string of the molecule is C[C@@H](C(=O)Nc1ccc(Cl)cc1C(F)(F)F)N1CCC[C@@H](CN(C)C)C1. The van der Waals surface area contributed by atoms with Crippen LogP contribution >= 0.6 is 11.6 Å². The highest BCUT2D eigenvalue weighted by Gasteiger charge is 2.35. The van der Waals surface area contributed by atoms with Gasteiger partial charge in [0.05, 0.1) is 17.3 Å². The molecule has 146 valence electrons. The van der Waals surface area contributed by atoms with Crippen molar-refractivity contribution in [2.75, 3.05) is 39.0 Å². The average Bonchev–Trinajstić information content (AvgIpc) is 2.54. The summed E-state index contributed by atoms with van der Waals surface area (Å²) in [4.78, 5) is 16.7. The Labute approximate surface area is 157 Å². The van der Waals surface area contributed by atoms with E-state index in [1.807, 2.05) is 19.0 Å². The molecular weight excluding hydrogens is 367 g/mol. The number of anilines is 1. The standard InChI is InChI=1S/C18H25ClF3N3O/c1-12(25-8-4-5-13(11-25)10-24(2)3)17(26)23-16-7-6-14(19)9-15(16)18(20,21)22/h6-7,9,12-13H,4-5,8,10-11H2,1-3H3,(H,23,26)/t12-,13-/m0/s1. The van der Waals surface area contributed by atoms with E-state index in [0.29, 0.717) is 5.92 Å². The topological polar surface area (TPSA) is 35.6 Å². The quantitative estimate of drug-likeness (QED) is 0.825. The van der Waals surface area contributed by atoms with Crippen LogP contribution in [0.3, 0.4) is 0 Å². The molecule has 1 heterocycles. The number of hydrogen-bond acceptors (Lipinski definition) is 3. The van der Waals surface area contributed by atoms with E-state index in [2.05, 4.69) is 10.2 Å². The van der Waals surface area contributed by atoms with Crippen molar-refractivity contribution in [2.24, 2.45) is 5.92 Å². The summed E-state index contributed by atoms with van der Waals surface area (Å²) in [5.41, 5.74) is -1.20. The minimum atomic E-state index is -4.58. The zero-order chi connectivity index (χ0) is 19.5. The first kappa shape index (κ1) is 21.0. The molecule has 2 rings (SSSR count). The Kier molecular flexibility index (Phi) is 6.93. The lowest BCUT2D eigenvalue weighted by molar-refractivity contribution is -0.137. The first-order chi connectivity index (χ1) is 12.1. The lowest BCUT2D eigenvalue weighted by Gasteiger charge is -2.37. The Hall–Kier alpha value is -1.31. The number of rotatable bonds is 5. The molecule has 1 aliphatic heterocycles. The maximum absolute atomic E-state index is 13.2. The van der Waals surface area contributed by atoms with Gasteiger partial charge in [0, 0.05) is 18.1 Å². The first-order valence-corrected chi connectivity index (χ1v) is 9.02. The molecule has 0 bridgehead atoms. The molecule has 1 aliphatic rings. The molecule has 4 nitrogen and oxygen atoms in total. The van der Waals surface area contributed by atoms with E-state index in [1.54, 1.807) is 6.92 Å². The van der Waals surface area contributed by atoms with Crippen LogP contribution in [0.4, 0.5) is 18.9 Å². The zero-order valence-corrected chi connectivity index (χ0v) is 16.0. The number of benzene rings is 1. The minimum Gasteiger partial charge on any atom is -0.324 e. The summed E-state index contributed by atoms with van der Waals surface area (Å²) in [5, 5.41) is 2.41. The van der Waals surface area contributed by atoms with Crippen molar-refractivity contribution in [3.05, 3.63) is 28.8 Å². The summed E-state index contributed by atoms with van der Waals surface area (Å²) < 4.78 is 39.5. The van der Waals surface area contributed by atoms with Crippen molar-refractivity contribution in [3.8, 4) is 0 Å². The zero-order valence-electron chi connectivity index (χ0n) is 15.2. The summed E-state index contributed by atoms with van der Waals surface area (Å²) in [6.45, 7) is 4.20. The Morgan fingerprint density at radius 1 is 1.42 bits per heavy atom. The van der Waals surface area contributed by atoms with E-state index in [4.69, 9.17) is 11.6 Å². The number of alkyl halides is 3. The van der Waals surface area contributed by atoms with Gasteiger partial charge in [-0.15, -0.1) is 0 Å². The summed E-state index contributed by atoms with van der Waals surface area (Å²) in [6, 6.07) is 2.86. The molecule has 0 radical (unpaired) electrons. The van der Waals surface area contributed by atoms with Crippen molar-refractivity contribution in [1.29, 1.82) is 0 Å². The van der Waals surface area contributed by atoms with Gasteiger partial charge in [0.25, 0.3) is 0 Å². The van der Waals surface area contributed by atoms with Gasteiger partial charge in [-0.2, -0.15) is 13.2 Å². The number of amides is 1. The number of nitrogens with one attached hydrogen (secondary N) is 1. The highest BCUT2D eigenvalue weighted by Crippen LogP contribution is 2.36. The molecule has 0 spiro atoms. The van der Waals surface area contributed by atoms with E-state index < -0.39 is 23.7 Å². The molecule has 8 heteroatoms. The lowest BCUT2D eigenvalue weighted by Crippen LogP contribution is -2.48. The van der Waals surface area contributed by atoms with Gasteiger partial charge in [0.2, 0.25) is 5.91 Å². The maximum Gasteiger partial charge on any atom is 0.418 e. The molecule has 0 aromatic heterocycles. The third-order valence-corrected chi connectivity index (χ3v) is 4.88. The smallest absolute Gasteiger partial charge is 0.324 e. The summed E-state index contributed by atoms with van der Waals surface area (Å²) in [5.74, 6) is 0.0126. The van der Waals surface area contributed by atoms with Gasteiger partial charge >= 0.3 is 6.18 Å². The van der Waals surface area contributed by atoms with Crippen LogP contribution in [0.25, 0.3) is 0 Å². The third-order valence-electron chi connectivity index (χ3n) is 4.65. The van der Waals surface area contributed by atoms with Crippen molar-refractivity contribution in [2.45, 2.75) is 32.0 Å². The molecule has 26 heavy (non-hydrogen) atoms. The molecular formula is C18H25ClF3N3O. The second-order valence-electron chi connectivity index (χ2n) is 7.12. The molecule has 0 unspecified atom stereocenters. The summed E-state index contributed by atoms with van der Waals surface area (Å²) in [6.07, 6.45) is -2.51. The number of likely N-dealkylation sites (tertiary alicyclic amines) is 1. The van der Waals surface area contributed by atoms with Gasteiger partial charge < -0.3 is 10.2 Å². The van der Waals surface area contributed by atoms with Crippen LogP contribution in [0.15, 0.2) is 18.2 Å². The molecule has 1 amide bonds.